The number of ether oxygens (including phenoxy) is 3. The summed E-state index contributed by atoms with van der Waals surface area (Å²) < 4.78 is 46.8. The van der Waals surface area contributed by atoms with E-state index in [4.69, 9.17) is 14.2 Å². The lowest BCUT2D eigenvalue weighted by Gasteiger charge is -2.27. The molecule has 1 amide bonds. The molecule has 38 heavy (non-hydrogen) atoms. The number of carbonyl (C=O) groups is 1. The first kappa shape index (κ1) is 28.0. The summed E-state index contributed by atoms with van der Waals surface area (Å²) >= 11 is 0. The Labute approximate surface area is 221 Å². The molecule has 1 atom stereocenters. The van der Waals surface area contributed by atoms with E-state index in [-0.39, 0.29) is 60.3 Å². The maximum absolute atomic E-state index is 13.5. The van der Waals surface area contributed by atoms with Gasteiger partial charge in [0.25, 0.3) is 11.6 Å². The highest BCUT2D eigenvalue weighted by Crippen LogP contribution is 2.37. The van der Waals surface area contributed by atoms with Crippen LogP contribution in [0.3, 0.4) is 0 Å². The molecule has 1 unspecified atom stereocenters. The van der Waals surface area contributed by atoms with E-state index in [0.717, 1.165) is 18.9 Å². The predicted molar refractivity (Wildman–Crippen MR) is 136 cm³/mol. The lowest BCUT2D eigenvalue weighted by atomic mass is 10.1. The summed E-state index contributed by atoms with van der Waals surface area (Å²) in [7, 11) is -4.16. The van der Waals surface area contributed by atoms with Crippen molar-refractivity contribution >= 4 is 21.6 Å². The molecule has 0 saturated carbocycles. The van der Waals surface area contributed by atoms with Crippen LogP contribution in [0.25, 0.3) is 0 Å². The number of hydrogen-bond acceptors (Lipinski definition) is 9. The Bertz CT molecular complexity index is 1310. The third-order valence-corrected chi connectivity index (χ3v) is 8.29. The first-order valence-corrected chi connectivity index (χ1v) is 13.9. The van der Waals surface area contributed by atoms with Gasteiger partial charge >= 0.3 is 0 Å². The molecule has 0 spiro atoms. The van der Waals surface area contributed by atoms with Gasteiger partial charge < -0.3 is 19.5 Å². The summed E-state index contributed by atoms with van der Waals surface area (Å²) in [5.74, 6) is -0.357. The number of non-ortho nitro benzene ring substituents is 1. The van der Waals surface area contributed by atoms with Crippen LogP contribution < -0.4 is 10.1 Å². The van der Waals surface area contributed by atoms with Gasteiger partial charge in [-0.2, -0.15) is 9.40 Å². The average molecular weight is 552 g/mol. The zero-order valence-electron chi connectivity index (χ0n) is 21.9. The summed E-state index contributed by atoms with van der Waals surface area (Å²) in [6.45, 7) is 8.91. The van der Waals surface area contributed by atoms with Crippen LogP contribution in [0.5, 0.6) is 11.6 Å². The van der Waals surface area contributed by atoms with E-state index in [1.165, 1.54) is 21.1 Å². The van der Waals surface area contributed by atoms with Crippen LogP contribution in [0.4, 0.5) is 5.69 Å². The number of benzene rings is 1. The van der Waals surface area contributed by atoms with Crippen LogP contribution >= 0.6 is 0 Å². The largest absolute Gasteiger partial charge is 0.438 e. The van der Waals surface area contributed by atoms with Crippen LogP contribution in [0.15, 0.2) is 23.1 Å². The van der Waals surface area contributed by atoms with E-state index < -0.39 is 26.4 Å². The molecule has 0 radical (unpaired) electrons. The van der Waals surface area contributed by atoms with Crippen molar-refractivity contribution in [3.05, 3.63) is 39.6 Å². The number of morpholine rings is 1. The van der Waals surface area contributed by atoms with Gasteiger partial charge in [-0.25, -0.2) is 13.1 Å². The van der Waals surface area contributed by atoms with Crippen molar-refractivity contribution in [2.75, 3.05) is 39.5 Å². The molecule has 0 aliphatic carbocycles. The van der Waals surface area contributed by atoms with Gasteiger partial charge in [0, 0.05) is 43.9 Å². The Morgan fingerprint density at radius 1 is 1.26 bits per heavy atom. The smallest absolute Gasteiger partial charge is 0.272 e. The zero-order chi connectivity index (χ0) is 27.7. The Morgan fingerprint density at radius 2 is 1.97 bits per heavy atom. The van der Waals surface area contributed by atoms with E-state index in [1.807, 2.05) is 20.8 Å². The van der Waals surface area contributed by atoms with Gasteiger partial charge in [0.15, 0.2) is 5.69 Å². The van der Waals surface area contributed by atoms with Crippen LogP contribution in [-0.4, -0.2) is 78.9 Å². The quantitative estimate of drug-likeness (QED) is 0.385. The second kappa shape index (κ2) is 11.0. The van der Waals surface area contributed by atoms with Crippen molar-refractivity contribution in [2.45, 2.75) is 57.1 Å². The van der Waals surface area contributed by atoms with Crippen molar-refractivity contribution in [3.63, 3.8) is 0 Å². The van der Waals surface area contributed by atoms with Gasteiger partial charge in [-0.05, 0) is 46.6 Å². The van der Waals surface area contributed by atoms with Crippen LogP contribution in [-0.2, 0) is 25.0 Å². The minimum absolute atomic E-state index is 0.0484. The molecular weight excluding hydrogens is 518 g/mol. The molecule has 4 rings (SSSR count). The number of carbonyl (C=O) groups excluding carboxylic acids is 1. The minimum Gasteiger partial charge on any atom is -0.438 e. The van der Waals surface area contributed by atoms with E-state index in [2.05, 4.69) is 10.4 Å². The monoisotopic (exact) mass is 551 g/mol. The Kier molecular flexibility index (Phi) is 8.06. The lowest BCUT2D eigenvalue weighted by Crippen LogP contribution is -2.40. The van der Waals surface area contributed by atoms with Crippen molar-refractivity contribution in [1.29, 1.82) is 0 Å². The number of rotatable bonds is 8. The fourth-order valence-electron chi connectivity index (χ4n) is 4.29. The SMILES string of the molecule is Cc1c(C(=O)NCC2CCCO2)nn(C(C)(C)C)c1Oc1ccc([N+](=O)[O-])cc1S(=O)(=O)N1CCOCC1. The Morgan fingerprint density at radius 3 is 2.58 bits per heavy atom. The molecule has 13 nitrogen and oxygen atoms in total. The minimum atomic E-state index is -4.16. The third-order valence-electron chi connectivity index (χ3n) is 6.37. The van der Waals surface area contributed by atoms with Crippen molar-refractivity contribution in [3.8, 4) is 11.6 Å². The molecule has 2 aromatic rings. The summed E-state index contributed by atoms with van der Waals surface area (Å²) in [6, 6.07) is 3.42. The van der Waals surface area contributed by atoms with Gasteiger partial charge in [-0.1, -0.05) is 0 Å². The molecule has 2 aliphatic rings. The highest BCUT2D eigenvalue weighted by Gasteiger charge is 2.34. The molecule has 0 bridgehead atoms. The van der Waals surface area contributed by atoms with E-state index in [0.29, 0.717) is 18.7 Å². The number of nitro benzene ring substituents is 1. The normalized spacial score (nSPS) is 18.9. The molecule has 1 aromatic carbocycles. The fraction of sp³-hybridized carbons (Fsp3) is 0.583. The van der Waals surface area contributed by atoms with Crippen molar-refractivity contribution in [2.24, 2.45) is 0 Å². The number of hydrogen-bond donors (Lipinski definition) is 1. The molecule has 14 heteroatoms. The average Bonchev–Trinajstić information content (AvgIpc) is 3.51. The maximum Gasteiger partial charge on any atom is 0.272 e. The number of amides is 1. The third kappa shape index (κ3) is 5.82. The molecule has 3 heterocycles. The van der Waals surface area contributed by atoms with Gasteiger partial charge in [-0.15, -0.1) is 0 Å². The van der Waals surface area contributed by atoms with Crippen molar-refractivity contribution < 1.29 is 32.3 Å². The van der Waals surface area contributed by atoms with E-state index in [1.54, 1.807) is 6.92 Å². The number of nitro groups is 1. The van der Waals surface area contributed by atoms with Crippen molar-refractivity contribution in [1.82, 2.24) is 19.4 Å². The second-order valence-electron chi connectivity index (χ2n) is 10.2. The summed E-state index contributed by atoms with van der Waals surface area (Å²) in [5.41, 5.74) is -0.498. The number of nitrogens with zero attached hydrogens (tertiary/aromatic N) is 4. The van der Waals surface area contributed by atoms with Crippen LogP contribution in [0, 0.1) is 17.0 Å². The summed E-state index contributed by atoms with van der Waals surface area (Å²) in [5, 5.41) is 18.8. The molecular formula is C24H33N5O8S. The van der Waals surface area contributed by atoms with Gasteiger partial charge in [0.2, 0.25) is 15.9 Å². The van der Waals surface area contributed by atoms with Crippen LogP contribution in [0.2, 0.25) is 0 Å². The van der Waals surface area contributed by atoms with Gasteiger partial charge in [-0.3, -0.25) is 14.9 Å². The standard InChI is InChI=1S/C24H33N5O8S/c1-16-21(22(30)25-15-18-6-5-11-36-18)26-28(24(2,3)4)23(16)37-19-8-7-17(29(31)32)14-20(19)38(33,34)27-9-12-35-13-10-27/h7-8,14,18H,5-6,9-13,15H2,1-4H3,(H,25,30). The highest BCUT2D eigenvalue weighted by atomic mass is 32.2. The topological polar surface area (TPSA) is 155 Å². The fourth-order valence-corrected chi connectivity index (χ4v) is 5.83. The Hall–Kier alpha value is -3.07. The lowest BCUT2D eigenvalue weighted by molar-refractivity contribution is -0.385. The first-order valence-electron chi connectivity index (χ1n) is 12.4. The predicted octanol–water partition coefficient (Wildman–Crippen LogP) is 2.58. The zero-order valence-corrected chi connectivity index (χ0v) is 22.7. The summed E-state index contributed by atoms with van der Waals surface area (Å²) in [6.07, 6.45) is 1.76. The summed E-state index contributed by atoms with van der Waals surface area (Å²) in [4.78, 5) is 23.5. The number of sulfonamides is 1. The molecule has 2 aliphatic heterocycles. The Balaban J connectivity index is 1.73. The van der Waals surface area contributed by atoms with E-state index in [9.17, 15) is 23.3 Å². The van der Waals surface area contributed by atoms with Crippen LogP contribution in [0.1, 0.15) is 49.7 Å². The molecule has 2 saturated heterocycles. The number of aromatic nitrogens is 2. The number of nitrogens with one attached hydrogen (secondary N) is 1. The molecule has 2 fully saturated rings. The van der Waals surface area contributed by atoms with E-state index >= 15 is 0 Å². The second-order valence-corrected chi connectivity index (χ2v) is 12.1. The molecule has 208 valence electrons. The van der Waals surface area contributed by atoms with Gasteiger partial charge in [0.05, 0.1) is 29.8 Å². The maximum atomic E-state index is 13.5. The first-order chi connectivity index (χ1) is 17.9. The molecule has 1 N–H and O–H groups in total. The molecule has 1 aromatic heterocycles. The van der Waals surface area contributed by atoms with Gasteiger partial charge in [0.1, 0.15) is 10.6 Å². The highest BCUT2D eigenvalue weighted by molar-refractivity contribution is 7.89.